The van der Waals surface area contributed by atoms with E-state index in [-0.39, 0.29) is 5.41 Å². The van der Waals surface area contributed by atoms with Crippen molar-refractivity contribution in [3.63, 3.8) is 0 Å². The summed E-state index contributed by atoms with van der Waals surface area (Å²) in [5.41, 5.74) is 4.48. The van der Waals surface area contributed by atoms with Crippen LogP contribution < -0.4 is 0 Å². The minimum Gasteiger partial charge on any atom is -0.0874 e. The van der Waals surface area contributed by atoms with E-state index in [0.29, 0.717) is 0 Å². The number of aryl methyl sites for hydroxylation is 1. The number of hydrogen-bond acceptors (Lipinski definition) is 0. The Morgan fingerprint density at radius 3 is 2.78 bits per heavy atom. The molecule has 0 saturated heterocycles. The van der Waals surface area contributed by atoms with Crippen LogP contribution in [0, 0.1) is 0 Å². The molecule has 1 unspecified atom stereocenters. The summed E-state index contributed by atoms with van der Waals surface area (Å²) in [7, 11) is 0. The lowest BCUT2D eigenvalue weighted by Crippen LogP contribution is -2.23. The van der Waals surface area contributed by atoms with Crippen LogP contribution in [-0.4, -0.2) is 0 Å². The summed E-state index contributed by atoms with van der Waals surface area (Å²) in [5, 5.41) is 0. The Balaban J connectivity index is 2.38. The number of benzene rings is 1. The molecule has 0 saturated carbocycles. The fourth-order valence-electron chi connectivity index (χ4n) is 2.83. The van der Waals surface area contributed by atoms with Crippen LogP contribution in [0.5, 0.6) is 0 Å². The molecule has 94 valence electrons. The summed E-state index contributed by atoms with van der Waals surface area (Å²) in [4.78, 5) is 0. The molecular weight excluding hydrogens is 216 g/mol. The molecule has 0 spiro atoms. The molecule has 0 N–H and O–H groups in total. The molecule has 0 aromatic heterocycles. The summed E-state index contributed by atoms with van der Waals surface area (Å²) in [6.45, 7) is 6.66. The molecule has 1 atom stereocenters. The van der Waals surface area contributed by atoms with Gasteiger partial charge in [-0.05, 0) is 36.5 Å². The number of hydrogen-bond donors (Lipinski definition) is 0. The highest BCUT2D eigenvalue weighted by Gasteiger charge is 2.27. The van der Waals surface area contributed by atoms with E-state index in [0.717, 1.165) is 12.8 Å². The maximum absolute atomic E-state index is 2.34. The van der Waals surface area contributed by atoms with Crippen LogP contribution in [0.25, 0.3) is 0 Å². The predicted octanol–water partition coefficient (Wildman–Crippen LogP) is 4.97. The van der Waals surface area contributed by atoms with Gasteiger partial charge in [0.2, 0.25) is 0 Å². The fourth-order valence-corrected chi connectivity index (χ4v) is 2.83. The Labute approximate surface area is 111 Å². The van der Waals surface area contributed by atoms with E-state index < -0.39 is 0 Å². The van der Waals surface area contributed by atoms with Gasteiger partial charge < -0.3 is 0 Å². The van der Waals surface area contributed by atoms with Gasteiger partial charge in [-0.1, -0.05) is 68.5 Å². The summed E-state index contributed by atoms with van der Waals surface area (Å²) in [6.07, 6.45) is 13.3. The highest BCUT2D eigenvalue weighted by atomic mass is 14.3. The second-order valence-electron chi connectivity index (χ2n) is 5.21. The molecule has 1 aliphatic rings. The summed E-state index contributed by atoms with van der Waals surface area (Å²) >= 11 is 0. The van der Waals surface area contributed by atoms with E-state index in [2.05, 4.69) is 75.4 Å². The van der Waals surface area contributed by atoms with Crippen molar-refractivity contribution in [3.8, 4) is 0 Å². The van der Waals surface area contributed by atoms with Crippen LogP contribution in [-0.2, 0) is 11.8 Å². The van der Waals surface area contributed by atoms with Crippen molar-refractivity contribution in [2.24, 2.45) is 0 Å². The second-order valence-corrected chi connectivity index (χ2v) is 5.21. The van der Waals surface area contributed by atoms with Crippen LogP contribution in [0.3, 0.4) is 0 Å². The molecule has 0 nitrogen and oxygen atoms in total. The van der Waals surface area contributed by atoms with Crippen molar-refractivity contribution in [3.05, 3.63) is 71.3 Å². The van der Waals surface area contributed by atoms with Crippen molar-refractivity contribution >= 4 is 0 Å². The van der Waals surface area contributed by atoms with Crippen molar-refractivity contribution < 1.29 is 0 Å². The van der Waals surface area contributed by atoms with E-state index in [9.17, 15) is 0 Å². The Hall–Kier alpha value is -1.56. The average Bonchev–Trinajstić information content (AvgIpc) is 2.39. The molecule has 0 heterocycles. The molecule has 1 aromatic carbocycles. The van der Waals surface area contributed by atoms with Crippen molar-refractivity contribution in [1.29, 1.82) is 0 Å². The maximum atomic E-state index is 2.34. The zero-order chi connectivity index (χ0) is 13.0. The second kappa shape index (κ2) is 5.39. The predicted molar refractivity (Wildman–Crippen MR) is 79.8 cm³/mol. The summed E-state index contributed by atoms with van der Waals surface area (Å²) in [6, 6.07) is 8.83. The highest BCUT2D eigenvalue weighted by Crippen LogP contribution is 2.37. The molecule has 0 heteroatoms. The van der Waals surface area contributed by atoms with Gasteiger partial charge in [-0.3, -0.25) is 0 Å². The Kier molecular flexibility index (Phi) is 3.86. The van der Waals surface area contributed by atoms with E-state index in [1.807, 2.05) is 0 Å². The number of allylic oxidation sites excluding steroid dienone is 6. The van der Waals surface area contributed by atoms with E-state index in [1.54, 1.807) is 0 Å². The smallest absolute Gasteiger partial charge is 0.0150 e. The lowest BCUT2D eigenvalue weighted by Gasteiger charge is -2.31. The topological polar surface area (TPSA) is 0 Å². The third-order valence-corrected chi connectivity index (χ3v) is 3.74. The molecule has 0 aliphatic heterocycles. The van der Waals surface area contributed by atoms with Gasteiger partial charge in [-0.15, -0.1) is 0 Å². The molecule has 0 fully saturated rings. The van der Waals surface area contributed by atoms with Crippen molar-refractivity contribution in [2.45, 2.75) is 39.0 Å². The fraction of sp³-hybridized carbons (Fsp3) is 0.333. The van der Waals surface area contributed by atoms with Gasteiger partial charge in [0.15, 0.2) is 0 Å². The molecular formula is C18H22. The minimum absolute atomic E-state index is 0.135. The Bertz CT molecular complexity index is 503. The van der Waals surface area contributed by atoms with Crippen LogP contribution in [0.2, 0.25) is 0 Å². The van der Waals surface area contributed by atoms with Gasteiger partial charge in [0.25, 0.3) is 0 Å². The lowest BCUT2D eigenvalue weighted by molar-refractivity contribution is 0.581. The Morgan fingerprint density at radius 1 is 1.28 bits per heavy atom. The van der Waals surface area contributed by atoms with Crippen LogP contribution >= 0.6 is 0 Å². The molecule has 0 radical (unpaired) electrons. The first-order valence-corrected chi connectivity index (χ1v) is 6.79. The largest absolute Gasteiger partial charge is 0.0874 e. The summed E-state index contributed by atoms with van der Waals surface area (Å²) < 4.78 is 0. The van der Waals surface area contributed by atoms with Gasteiger partial charge in [0.05, 0.1) is 0 Å². The zero-order valence-corrected chi connectivity index (χ0v) is 11.6. The van der Waals surface area contributed by atoms with Crippen molar-refractivity contribution in [2.75, 3.05) is 0 Å². The molecule has 0 amide bonds. The first kappa shape index (κ1) is 12.9. The van der Waals surface area contributed by atoms with E-state index in [4.69, 9.17) is 0 Å². The molecule has 2 rings (SSSR count). The molecule has 1 aromatic rings. The standard InChI is InChI=1S/C18H22/c1-4-9-15-10-8-13-18(3,14-15)17-12-7-6-11-16(17)5-2/h4,6-13H,5,14H2,1-3H3. The van der Waals surface area contributed by atoms with Gasteiger partial charge >= 0.3 is 0 Å². The molecule has 0 bridgehead atoms. The third kappa shape index (κ3) is 2.48. The van der Waals surface area contributed by atoms with E-state index in [1.165, 1.54) is 16.7 Å². The normalized spacial score (nSPS) is 23.4. The first-order chi connectivity index (χ1) is 8.69. The van der Waals surface area contributed by atoms with Gasteiger partial charge in [-0.2, -0.15) is 0 Å². The monoisotopic (exact) mass is 238 g/mol. The zero-order valence-electron chi connectivity index (χ0n) is 11.6. The lowest BCUT2D eigenvalue weighted by atomic mass is 9.72. The highest BCUT2D eigenvalue weighted by molar-refractivity contribution is 5.44. The van der Waals surface area contributed by atoms with Gasteiger partial charge in [0, 0.05) is 5.41 Å². The average molecular weight is 238 g/mol. The molecule has 18 heavy (non-hydrogen) atoms. The minimum atomic E-state index is 0.135. The summed E-state index contributed by atoms with van der Waals surface area (Å²) in [5.74, 6) is 0. The first-order valence-electron chi connectivity index (χ1n) is 6.79. The quantitative estimate of drug-likeness (QED) is 0.697. The van der Waals surface area contributed by atoms with Crippen LogP contribution in [0.4, 0.5) is 0 Å². The van der Waals surface area contributed by atoms with Crippen LogP contribution in [0.15, 0.2) is 60.2 Å². The van der Waals surface area contributed by atoms with Gasteiger partial charge in [0.1, 0.15) is 0 Å². The SMILES string of the molecule is CC=CC1=CC=CC(C)(c2ccccc2CC)C1. The maximum Gasteiger partial charge on any atom is 0.0150 e. The molecule has 1 aliphatic carbocycles. The Morgan fingerprint density at radius 2 is 2.06 bits per heavy atom. The van der Waals surface area contributed by atoms with E-state index >= 15 is 0 Å². The number of rotatable bonds is 3. The van der Waals surface area contributed by atoms with Crippen molar-refractivity contribution in [1.82, 2.24) is 0 Å². The van der Waals surface area contributed by atoms with Crippen LogP contribution in [0.1, 0.15) is 38.3 Å². The van der Waals surface area contributed by atoms with Gasteiger partial charge in [-0.25, -0.2) is 0 Å². The third-order valence-electron chi connectivity index (χ3n) is 3.74.